The zero-order chi connectivity index (χ0) is 11.5. The van der Waals surface area contributed by atoms with Gasteiger partial charge in [-0.25, -0.2) is 0 Å². The molecule has 3 N–H and O–H groups in total. The number of nitrogens with two attached hydrogens (primary N) is 1. The summed E-state index contributed by atoms with van der Waals surface area (Å²) in [6.45, 7) is 1.04. The lowest BCUT2D eigenvalue weighted by Gasteiger charge is -2.03. The predicted octanol–water partition coefficient (Wildman–Crippen LogP) is 1.94. The van der Waals surface area contributed by atoms with E-state index >= 15 is 0 Å². The maximum atomic E-state index is 11.6. The van der Waals surface area contributed by atoms with Crippen molar-refractivity contribution in [3.8, 4) is 0 Å². The van der Waals surface area contributed by atoms with Crippen molar-refractivity contribution in [3.05, 3.63) is 34.9 Å². The monoisotopic (exact) mass is 274 g/mol. The van der Waals surface area contributed by atoms with Gasteiger partial charge < -0.3 is 11.1 Å². The van der Waals surface area contributed by atoms with Crippen LogP contribution in [-0.4, -0.2) is 19.0 Å². The Balaban J connectivity index is 0.00000144. The molecule has 94 valence electrons. The maximum Gasteiger partial charge on any atom is 0.223 e. The predicted molar refractivity (Wildman–Crippen MR) is 71.6 cm³/mol. The zero-order valence-corrected chi connectivity index (χ0v) is 10.9. The van der Waals surface area contributed by atoms with Crippen LogP contribution in [-0.2, 0) is 4.79 Å². The van der Waals surface area contributed by atoms with Gasteiger partial charge in [0.15, 0.2) is 0 Å². The third kappa shape index (κ3) is 3.60. The minimum atomic E-state index is 0. The van der Waals surface area contributed by atoms with Crippen LogP contribution in [0.3, 0.4) is 0 Å². The van der Waals surface area contributed by atoms with Crippen molar-refractivity contribution in [2.75, 3.05) is 13.1 Å². The number of carbonyl (C=O) groups is 1. The molecule has 1 aromatic rings. The van der Waals surface area contributed by atoms with E-state index in [-0.39, 0.29) is 24.2 Å². The van der Waals surface area contributed by atoms with Gasteiger partial charge in [0.25, 0.3) is 0 Å². The van der Waals surface area contributed by atoms with Gasteiger partial charge in [0.2, 0.25) is 5.91 Å². The van der Waals surface area contributed by atoms with Crippen molar-refractivity contribution < 1.29 is 4.79 Å². The molecule has 1 aliphatic carbocycles. The fourth-order valence-corrected chi connectivity index (χ4v) is 2.12. The molecule has 0 heterocycles. The minimum absolute atomic E-state index is 0. The lowest BCUT2D eigenvalue weighted by molar-refractivity contribution is -0.122. The van der Waals surface area contributed by atoms with E-state index in [1.165, 1.54) is 0 Å². The van der Waals surface area contributed by atoms with Crippen LogP contribution in [0.5, 0.6) is 0 Å². The molecule has 0 spiro atoms. The van der Waals surface area contributed by atoms with Crippen molar-refractivity contribution in [2.45, 2.75) is 12.3 Å². The van der Waals surface area contributed by atoms with Gasteiger partial charge in [-0.1, -0.05) is 23.7 Å². The van der Waals surface area contributed by atoms with Gasteiger partial charge in [0.05, 0.1) is 0 Å². The number of amides is 1. The Morgan fingerprint density at radius 1 is 1.53 bits per heavy atom. The Kier molecular flexibility index (Phi) is 5.25. The molecule has 5 heteroatoms. The van der Waals surface area contributed by atoms with Crippen LogP contribution >= 0.6 is 24.0 Å². The van der Waals surface area contributed by atoms with E-state index in [9.17, 15) is 4.79 Å². The van der Waals surface area contributed by atoms with Crippen LogP contribution in [0.25, 0.3) is 0 Å². The SMILES string of the molecule is Cl.NCCNC(=O)C1CC1c1cccc(Cl)c1. The summed E-state index contributed by atoms with van der Waals surface area (Å²) in [6, 6.07) is 7.72. The Labute approximate surface area is 112 Å². The summed E-state index contributed by atoms with van der Waals surface area (Å²) in [5, 5.41) is 3.54. The molecule has 0 bridgehead atoms. The number of carbonyl (C=O) groups excluding carboxylic acids is 1. The molecule has 0 saturated heterocycles. The molecule has 1 fully saturated rings. The molecular formula is C12H16Cl2N2O. The van der Waals surface area contributed by atoms with Gasteiger partial charge in [0.1, 0.15) is 0 Å². The molecule has 3 nitrogen and oxygen atoms in total. The smallest absolute Gasteiger partial charge is 0.223 e. The first kappa shape index (κ1) is 14.3. The van der Waals surface area contributed by atoms with Crippen molar-refractivity contribution in [3.63, 3.8) is 0 Å². The van der Waals surface area contributed by atoms with Crippen molar-refractivity contribution in [1.29, 1.82) is 0 Å². The summed E-state index contributed by atoms with van der Waals surface area (Å²) in [5.74, 6) is 0.539. The van der Waals surface area contributed by atoms with Gasteiger partial charge in [0, 0.05) is 24.0 Å². The molecule has 0 aromatic heterocycles. The number of rotatable bonds is 4. The summed E-state index contributed by atoms with van der Waals surface area (Å²) in [4.78, 5) is 11.6. The minimum Gasteiger partial charge on any atom is -0.355 e. The molecule has 1 aliphatic rings. The first-order chi connectivity index (χ1) is 7.72. The first-order valence-corrected chi connectivity index (χ1v) is 5.83. The maximum absolute atomic E-state index is 11.6. The van der Waals surface area contributed by atoms with Crippen LogP contribution < -0.4 is 11.1 Å². The largest absolute Gasteiger partial charge is 0.355 e. The van der Waals surface area contributed by atoms with Crippen LogP contribution in [0.1, 0.15) is 17.9 Å². The van der Waals surface area contributed by atoms with E-state index in [2.05, 4.69) is 5.32 Å². The molecule has 2 rings (SSSR count). The number of nitrogens with one attached hydrogen (secondary N) is 1. The number of hydrogen-bond donors (Lipinski definition) is 2. The van der Waals surface area contributed by atoms with Crippen LogP contribution in [0, 0.1) is 5.92 Å². The second kappa shape index (κ2) is 6.24. The third-order valence-corrected chi connectivity index (χ3v) is 3.08. The average Bonchev–Trinajstić information content (AvgIpc) is 3.06. The standard InChI is InChI=1S/C12H15ClN2O.ClH/c13-9-3-1-2-8(6-9)10-7-11(10)12(16)15-5-4-14;/h1-3,6,10-11H,4-5,7,14H2,(H,15,16);1H. The second-order valence-electron chi connectivity index (χ2n) is 4.08. The third-order valence-electron chi connectivity index (χ3n) is 2.85. The van der Waals surface area contributed by atoms with Crippen LogP contribution in [0.15, 0.2) is 24.3 Å². The Morgan fingerprint density at radius 3 is 2.94 bits per heavy atom. The van der Waals surface area contributed by atoms with E-state index in [0.717, 1.165) is 17.0 Å². The summed E-state index contributed by atoms with van der Waals surface area (Å²) >= 11 is 5.91. The highest BCUT2D eigenvalue weighted by Gasteiger charge is 2.43. The molecule has 2 atom stereocenters. The number of hydrogen-bond acceptors (Lipinski definition) is 2. The molecule has 0 aliphatic heterocycles. The fourth-order valence-electron chi connectivity index (χ4n) is 1.92. The highest BCUT2D eigenvalue weighted by molar-refractivity contribution is 6.30. The highest BCUT2D eigenvalue weighted by atomic mass is 35.5. The van der Waals surface area contributed by atoms with E-state index in [4.69, 9.17) is 17.3 Å². The highest BCUT2D eigenvalue weighted by Crippen LogP contribution is 2.47. The molecule has 2 unspecified atom stereocenters. The first-order valence-electron chi connectivity index (χ1n) is 5.45. The van der Waals surface area contributed by atoms with Gasteiger partial charge >= 0.3 is 0 Å². The number of benzene rings is 1. The molecular weight excluding hydrogens is 259 g/mol. The second-order valence-corrected chi connectivity index (χ2v) is 4.52. The van der Waals surface area contributed by atoms with Gasteiger partial charge in [-0.05, 0) is 30.0 Å². The lowest BCUT2D eigenvalue weighted by Crippen LogP contribution is -2.30. The summed E-state index contributed by atoms with van der Waals surface area (Å²) in [5.41, 5.74) is 6.48. The van der Waals surface area contributed by atoms with Gasteiger partial charge in [-0.2, -0.15) is 0 Å². The Bertz CT molecular complexity index is 398. The van der Waals surface area contributed by atoms with Crippen molar-refractivity contribution in [1.82, 2.24) is 5.32 Å². The molecule has 17 heavy (non-hydrogen) atoms. The zero-order valence-electron chi connectivity index (χ0n) is 9.36. The number of halogens is 2. The van der Waals surface area contributed by atoms with Crippen molar-refractivity contribution >= 4 is 29.9 Å². The van der Waals surface area contributed by atoms with Crippen LogP contribution in [0.4, 0.5) is 0 Å². The van der Waals surface area contributed by atoms with Gasteiger partial charge in [-0.15, -0.1) is 12.4 Å². The van der Waals surface area contributed by atoms with Crippen LogP contribution in [0.2, 0.25) is 5.02 Å². The summed E-state index contributed by atoms with van der Waals surface area (Å²) in [6.07, 6.45) is 0.913. The van der Waals surface area contributed by atoms with E-state index in [1.54, 1.807) is 0 Å². The molecule has 1 amide bonds. The van der Waals surface area contributed by atoms with E-state index in [1.807, 2.05) is 24.3 Å². The summed E-state index contributed by atoms with van der Waals surface area (Å²) in [7, 11) is 0. The topological polar surface area (TPSA) is 55.1 Å². The van der Waals surface area contributed by atoms with E-state index < -0.39 is 0 Å². The Hall–Kier alpha value is -0.770. The molecule has 0 radical (unpaired) electrons. The average molecular weight is 275 g/mol. The van der Waals surface area contributed by atoms with Gasteiger partial charge in [-0.3, -0.25) is 4.79 Å². The van der Waals surface area contributed by atoms with Crippen molar-refractivity contribution in [2.24, 2.45) is 11.7 Å². The summed E-state index contributed by atoms with van der Waals surface area (Å²) < 4.78 is 0. The lowest BCUT2D eigenvalue weighted by atomic mass is 10.1. The molecule has 1 saturated carbocycles. The Morgan fingerprint density at radius 2 is 2.29 bits per heavy atom. The quantitative estimate of drug-likeness (QED) is 0.882. The van der Waals surface area contributed by atoms with E-state index in [0.29, 0.717) is 19.0 Å². The normalized spacial score (nSPS) is 21.5. The fraction of sp³-hybridized carbons (Fsp3) is 0.417. The molecule has 1 aromatic carbocycles.